The Morgan fingerprint density at radius 3 is 2.33 bits per heavy atom. The van der Waals surface area contributed by atoms with Crippen molar-refractivity contribution in [2.75, 3.05) is 39.8 Å². The fraction of sp³-hybridized carbons (Fsp3) is 0.407. The van der Waals surface area contributed by atoms with Crippen LogP contribution in [0.1, 0.15) is 33.5 Å². The van der Waals surface area contributed by atoms with Gasteiger partial charge in [-0.15, -0.1) is 0 Å². The maximum Gasteiger partial charge on any atom is 0.416 e. The molecule has 0 spiro atoms. The normalized spacial score (nSPS) is 16.8. The third kappa shape index (κ3) is 6.87. The molecule has 1 atom stereocenters. The Labute approximate surface area is 226 Å². The van der Waals surface area contributed by atoms with Crippen molar-refractivity contribution in [2.45, 2.75) is 31.2 Å². The van der Waals surface area contributed by atoms with Crippen molar-refractivity contribution in [3.63, 3.8) is 0 Å². The van der Waals surface area contributed by atoms with Gasteiger partial charge in [0.05, 0.1) is 11.1 Å². The second-order valence-corrected chi connectivity index (χ2v) is 9.67. The van der Waals surface area contributed by atoms with E-state index < -0.39 is 41.0 Å². The number of fused-ring (bicyclic) bond motifs is 1. The number of amides is 3. The highest BCUT2D eigenvalue weighted by Crippen LogP contribution is 2.37. The van der Waals surface area contributed by atoms with Crippen molar-refractivity contribution in [1.29, 1.82) is 0 Å². The van der Waals surface area contributed by atoms with Crippen molar-refractivity contribution < 1.29 is 35.9 Å². The van der Waals surface area contributed by atoms with Gasteiger partial charge < -0.3 is 20.5 Å². The number of alkyl halides is 6. The van der Waals surface area contributed by atoms with Gasteiger partial charge in [0.15, 0.2) is 0 Å². The molecule has 3 amide bonds. The van der Waals surface area contributed by atoms with Crippen molar-refractivity contribution in [1.82, 2.24) is 25.4 Å². The summed E-state index contributed by atoms with van der Waals surface area (Å²) in [5.74, 6) is -0.887. The van der Waals surface area contributed by atoms with E-state index >= 15 is 0 Å². The number of benzene rings is 2. The van der Waals surface area contributed by atoms with E-state index in [0.29, 0.717) is 51.2 Å². The number of carbonyl (C=O) groups excluding carboxylic acids is 2. The van der Waals surface area contributed by atoms with Crippen LogP contribution in [0, 0.1) is 0 Å². The highest BCUT2D eigenvalue weighted by molar-refractivity contribution is 5.95. The molecule has 0 aliphatic carbocycles. The van der Waals surface area contributed by atoms with Gasteiger partial charge in [-0.3, -0.25) is 9.69 Å². The molecule has 0 radical (unpaired) electrons. The molecule has 0 unspecified atom stereocenters. The number of halogens is 6. The number of H-pyrrole nitrogens is 1. The van der Waals surface area contributed by atoms with Crippen molar-refractivity contribution in [3.8, 4) is 0 Å². The van der Waals surface area contributed by atoms with E-state index in [1.54, 1.807) is 6.20 Å². The number of para-hydroxylation sites is 1. The molecule has 1 aliphatic rings. The van der Waals surface area contributed by atoms with Gasteiger partial charge in [0.1, 0.15) is 0 Å². The number of carbonyl (C=O) groups is 2. The first kappa shape index (κ1) is 29.2. The third-order valence-electron chi connectivity index (χ3n) is 6.96. The number of nitrogens with zero attached hydrogens (tertiary/aromatic N) is 2. The number of aromatic amines is 1. The summed E-state index contributed by atoms with van der Waals surface area (Å²) in [4.78, 5) is 31.5. The van der Waals surface area contributed by atoms with Gasteiger partial charge in [-0.1, -0.05) is 18.2 Å². The summed E-state index contributed by atoms with van der Waals surface area (Å²) in [6, 6.07) is 7.66. The Kier molecular flexibility index (Phi) is 8.62. The highest BCUT2D eigenvalue weighted by atomic mass is 19.4. The third-order valence-corrected chi connectivity index (χ3v) is 6.96. The topological polar surface area (TPSA) is 80.5 Å². The molecular weight excluding hydrogens is 540 g/mol. The zero-order valence-electron chi connectivity index (χ0n) is 21.6. The minimum atomic E-state index is -5.05. The molecule has 216 valence electrons. The second kappa shape index (κ2) is 11.8. The minimum Gasteiger partial charge on any atom is -0.361 e. The highest BCUT2D eigenvalue weighted by Gasteiger charge is 2.39. The number of hydrogen-bond donors (Lipinski definition) is 3. The SMILES string of the molecule is CNC(=O)NCCCN1CCN(C(=O)c2cc(C(F)(F)F)cc(C(F)(F)F)c2)[C@H](Cc2c[nH]c3ccccc23)C1. The van der Waals surface area contributed by atoms with E-state index in [2.05, 4.69) is 20.5 Å². The van der Waals surface area contributed by atoms with Crippen LogP contribution in [0.15, 0.2) is 48.7 Å². The average Bonchev–Trinajstić information content (AvgIpc) is 3.32. The number of piperazine rings is 1. The van der Waals surface area contributed by atoms with Crippen LogP contribution in [0.5, 0.6) is 0 Å². The Bertz CT molecular complexity index is 1320. The van der Waals surface area contributed by atoms with Gasteiger partial charge in [0, 0.05) is 61.9 Å². The standard InChI is InChI=1S/C27H29F6N5O2/c1-34-25(40)35-7-4-8-37-9-10-38(21(16-37)13-18-15-36-23-6-3-2-5-22(18)23)24(39)17-11-19(26(28,29)30)14-20(12-17)27(31,32)33/h2-3,5-6,11-12,14-15,21,36H,4,7-10,13,16H2,1H3,(H2,34,35,40)/t21-/m1/s1. The smallest absolute Gasteiger partial charge is 0.361 e. The molecule has 7 nitrogen and oxygen atoms in total. The number of hydrogen-bond acceptors (Lipinski definition) is 3. The predicted octanol–water partition coefficient (Wildman–Crippen LogP) is 4.89. The molecule has 3 N–H and O–H groups in total. The van der Waals surface area contributed by atoms with E-state index in [9.17, 15) is 35.9 Å². The van der Waals surface area contributed by atoms with Crippen LogP contribution in [0.3, 0.4) is 0 Å². The molecule has 0 saturated carbocycles. The van der Waals surface area contributed by atoms with Gasteiger partial charge in [-0.05, 0) is 49.2 Å². The van der Waals surface area contributed by atoms with Gasteiger partial charge in [-0.2, -0.15) is 26.3 Å². The fourth-order valence-corrected chi connectivity index (χ4v) is 4.96. The summed E-state index contributed by atoms with van der Waals surface area (Å²) in [6.45, 7) is 1.85. The zero-order valence-corrected chi connectivity index (χ0v) is 21.6. The maximum atomic E-state index is 13.5. The lowest BCUT2D eigenvalue weighted by Gasteiger charge is -2.42. The van der Waals surface area contributed by atoms with Gasteiger partial charge in [0.25, 0.3) is 5.91 Å². The first-order valence-corrected chi connectivity index (χ1v) is 12.7. The quantitative estimate of drug-likeness (QED) is 0.280. The number of nitrogens with one attached hydrogen (secondary N) is 3. The molecule has 1 fully saturated rings. The Morgan fingerprint density at radius 1 is 1.00 bits per heavy atom. The molecule has 4 rings (SSSR count). The Hall–Kier alpha value is -3.74. The Balaban J connectivity index is 1.61. The van der Waals surface area contributed by atoms with Crippen LogP contribution in [-0.2, 0) is 18.8 Å². The molecule has 2 heterocycles. The van der Waals surface area contributed by atoms with Gasteiger partial charge >= 0.3 is 18.4 Å². The molecule has 1 aromatic heterocycles. The van der Waals surface area contributed by atoms with Crippen LogP contribution in [-0.4, -0.2) is 72.5 Å². The summed E-state index contributed by atoms with van der Waals surface area (Å²) >= 11 is 0. The van der Waals surface area contributed by atoms with E-state index in [1.165, 1.54) is 11.9 Å². The lowest BCUT2D eigenvalue weighted by molar-refractivity contribution is -0.143. The van der Waals surface area contributed by atoms with Crippen molar-refractivity contribution in [3.05, 3.63) is 70.9 Å². The molecule has 0 bridgehead atoms. The number of urea groups is 1. The van der Waals surface area contributed by atoms with Gasteiger partial charge in [0.2, 0.25) is 0 Å². The molecule has 1 saturated heterocycles. The van der Waals surface area contributed by atoms with E-state index in [1.807, 2.05) is 24.3 Å². The van der Waals surface area contributed by atoms with Crippen LogP contribution >= 0.6 is 0 Å². The monoisotopic (exact) mass is 569 g/mol. The first-order chi connectivity index (χ1) is 18.9. The number of aromatic nitrogens is 1. The molecule has 2 aromatic carbocycles. The second-order valence-electron chi connectivity index (χ2n) is 9.67. The lowest BCUT2D eigenvalue weighted by Crippen LogP contribution is -2.56. The first-order valence-electron chi connectivity index (χ1n) is 12.7. The number of rotatable bonds is 7. The average molecular weight is 570 g/mol. The van der Waals surface area contributed by atoms with Crippen molar-refractivity contribution >= 4 is 22.8 Å². The maximum absolute atomic E-state index is 13.5. The van der Waals surface area contributed by atoms with E-state index in [0.717, 1.165) is 16.5 Å². The summed E-state index contributed by atoms with van der Waals surface area (Å²) < 4.78 is 80.7. The molecule has 3 aromatic rings. The van der Waals surface area contributed by atoms with Crippen LogP contribution in [0.2, 0.25) is 0 Å². The largest absolute Gasteiger partial charge is 0.416 e. The lowest BCUT2D eigenvalue weighted by atomic mass is 9.98. The minimum absolute atomic E-state index is 0.0188. The van der Waals surface area contributed by atoms with Crippen LogP contribution in [0.4, 0.5) is 31.1 Å². The molecule has 1 aliphatic heterocycles. The summed E-state index contributed by atoms with van der Waals surface area (Å²) in [5, 5.41) is 6.07. The predicted molar refractivity (Wildman–Crippen MR) is 137 cm³/mol. The van der Waals surface area contributed by atoms with Crippen molar-refractivity contribution in [2.24, 2.45) is 0 Å². The Morgan fingerprint density at radius 2 is 1.68 bits per heavy atom. The summed E-state index contributed by atoms with van der Waals surface area (Å²) in [7, 11) is 1.50. The van der Waals surface area contributed by atoms with E-state index in [4.69, 9.17) is 0 Å². The molecule has 40 heavy (non-hydrogen) atoms. The zero-order chi connectivity index (χ0) is 29.1. The molecular formula is C27H29F6N5O2. The van der Waals surface area contributed by atoms with E-state index in [-0.39, 0.29) is 18.6 Å². The summed E-state index contributed by atoms with van der Waals surface area (Å²) in [5.41, 5.74) is -1.96. The van der Waals surface area contributed by atoms with Crippen LogP contribution in [0.25, 0.3) is 10.9 Å². The summed E-state index contributed by atoms with van der Waals surface area (Å²) in [6.07, 6.45) is -7.36. The van der Waals surface area contributed by atoms with Gasteiger partial charge in [-0.25, -0.2) is 4.79 Å². The molecule has 13 heteroatoms. The fourth-order valence-electron chi connectivity index (χ4n) is 4.96. The van der Waals surface area contributed by atoms with Crippen LogP contribution < -0.4 is 10.6 Å².